The van der Waals surface area contributed by atoms with Crippen molar-refractivity contribution in [3.05, 3.63) is 12.1 Å². The summed E-state index contributed by atoms with van der Waals surface area (Å²) in [6.45, 7) is 3.13. The lowest BCUT2D eigenvalue weighted by Crippen LogP contribution is -2.40. The second-order valence-electron chi connectivity index (χ2n) is 5.49. The van der Waals surface area contributed by atoms with Crippen molar-refractivity contribution in [2.75, 3.05) is 13.1 Å². The average Bonchev–Trinajstić information content (AvgIpc) is 2.66. The molecule has 0 amide bonds. The van der Waals surface area contributed by atoms with Gasteiger partial charge in [0.1, 0.15) is 0 Å². The molecule has 0 spiro atoms. The molecule has 0 atom stereocenters. The van der Waals surface area contributed by atoms with Gasteiger partial charge in [0.2, 0.25) is 0 Å². The third-order valence-corrected chi connectivity index (χ3v) is 3.31. The summed E-state index contributed by atoms with van der Waals surface area (Å²) < 4.78 is 37.7. The zero-order chi connectivity index (χ0) is 13.1. The summed E-state index contributed by atoms with van der Waals surface area (Å²) in [4.78, 5) is 1.98. The van der Waals surface area contributed by atoms with E-state index < -0.39 is 12.4 Å². The van der Waals surface area contributed by atoms with Crippen molar-refractivity contribution < 1.29 is 12.9 Å². The molecule has 100 valence electrons. The Morgan fingerprint density at radius 1 is 1.29 bits per heavy atom. The van der Waals surface area contributed by atoms with Gasteiger partial charge in [0.05, 0.1) is 0 Å². The van der Waals surface area contributed by atoms with Crippen LogP contribution in [-0.4, -0.2) is 31.0 Å². The van der Waals surface area contributed by atoms with Crippen molar-refractivity contribution in [1.29, 1.82) is 0 Å². The normalized spacial score (nSPS) is 18.3. The quantitative estimate of drug-likeness (QED) is 0.645. The molecule has 0 aromatic heterocycles. The van der Waals surface area contributed by atoms with E-state index in [1.54, 1.807) is 0 Å². The zero-order valence-electron chi connectivity index (χ0n) is 10.8. The van der Waals surface area contributed by atoms with Crippen LogP contribution in [0.1, 0.15) is 39.5 Å². The highest BCUT2D eigenvalue weighted by molar-refractivity contribution is 6.66. The monoisotopic (exact) mass is 248 g/mol. The Kier molecular flexibility index (Phi) is 5.11. The van der Waals surface area contributed by atoms with E-state index in [4.69, 9.17) is 0 Å². The molecule has 5 heteroatoms. The van der Waals surface area contributed by atoms with Gasteiger partial charge in [-0.2, -0.15) is 0 Å². The maximum atomic E-state index is 12.6. The fourth-order valence-electron chi connectivity index (χ4n) is 2.45. The summed E-state index contributed by atoms with van der Waals surface area (Å²) in [7, 11) is 0. The highest BCUT2D eigenvalue weighted by atomic mass is 19.4. The van der Waals surface area contributed by atoms with Gasteiger partial charge in [-0.3, -0.25) is 4.90 Å². The second kappa shape index (κ2) is 5.94. The van der Waals surface area contributed by atoms with Crippen LogP contribution < -0.4 is 0 Å². The molecule has 17 heavy (non-hydrogen) atoms. The van der Waals surface area contributed by atoms with Crippen LogP contribution in [0.3, 0.4) is 0 Å². The summed E-state index contributed by atoms with van der Waals surface area (Å²) in [5.74, 6) is 0.393. The lowest BCUT2D eigenvalue weighted by atomic mass is 9.80. The fraction of sp³-hybridized carbons (Fsp3) is 0.833. The van der Waals surface area contributed by atoms with Crippen LogP contribution in [0, 0.1) is 5.92 Å². The number of hydrogen-bond acceptors (Lipinski definition) is 1. The molecule has 0 aromatic carbocycles. The molecule has 1 aliphatic carbocycles. The highest BCUT2D eigenvalue weighted by Gasteiger charge is 2.30. The SMILES string of the molecule is C=C(CN(CC(C)C)C1CCCC1)[B-](F)(F)F. The summed E-state index contributed by atoms with van der Waals surface area (Å²) in [6.07, 6.45) is 4.35. The lowest BCUT2D eigenvalue weighted by Gasteiger charge is -2.33. The van der Waals surface area contributed by atoms with Gasteiger partial charge in [-0.05, 0) is 25.3 Å². The molecule has 0 unspecified atom stereocenters. The maximum absolute atomic E-state index is 12.6. The van der Waals surface area contributed by atoms with Gasteiger partial charge >= 0.3 is 6.98 Å². The Balaban J connectivity index is 2.60. The van der Waals surface area contributed by atoms with Crippen LogP contribution >= 0.6 is 0 Å². The molecule has 0 heterocycles. The van der Waals surface area contributed by atoms with Gasteiger partial charge in [-0.25, -0.2) is 0 Å². The van der Waals surface area contributed by atoms with Crippen LogP contribution in [0.5, 0.6) is 0 Å². The predicted octanol–water partition coefficient (Wildman–Crippen LogP) is 3.83. The van der Waals surface area contributed by atoms with Crippen molar-refractivity contribution in [2.45, 2.75) is 45.6 Å². The zero-order valence-corrected chi connectivity index (χ0v) is 10.8. The molecule has 0 aromatic rings. The van der Waals surface area contributed by atoms with Gasteiger partial charge < -0.3 is 12.9 Å². The summed E-state index contributed by atoms with van der Waals surface area (Å²) in [5.41, 5.74) is -0.558. The molecular weight excluding hydrogens is 226 g/mol. The molecule has 1 fully saturated rings. The Morgan fingerprint density at radius 3 is 2.24 bits per heavy atom. The van der Waals surface area contributed by atoms with E-state index >= 15 is 0 Å². The van der Waals surface area contributed by atoms with Crippen molar-refractivity contribution in [1.82, 2.24) is 4.90 Å². The fourth-order valence-corrected chi connectivity index (χ4v) is 2.45. The van der Waals surface area contributed by atoms with Gasteiger partial charge in [0, 0.05) is 12.6 Å². The lowest BCUT2D eigenvalue weighted by molar-refractivity contribution is 0.192. The Labute approximate surface area is 102 Å². The Bertz CT molecular complexity index is 257. The number of hydrogen-bond donors (Lipinski definition) is 0. The van der Waals surface area contributed by atoms with E-state index in [1.165, 1.54) is 0 Å². The van der Waals surface area contributed by atoms with Crippen LogP contribution in [0.25, 0.3) is 0 Å². The van der Waals surface area contributed by atoms with Crippen LogP contribution in [0.15, 0.2) is 12.1 Å². The minimum absolute atomic E-state index is 0.00759. The largest absolute Gasteiger partial charge is 0.506 e. The number of halogens is 3. The van der Waals surface area contributed by atoms with E-state index in [1.807, 2.05) is 18.7 Å². The molecule has 1 nitrogen and oxygen atoms in total. The third kappa shape index (κ3) is 4.74. The minimum Gasteiger partial charge on any atom is -0.445 e. The first-order chi connectivity index (χ1) is 7.80. The molecule has 0 bridgehead atoms. The topological polar surface area (TPSA) is 3.24 Å². The smallest absolute Gasteiger partial charge is 0.445 e. The number of rotatable bonds is 6. The third-order valence-electron chi connectivity index (χ3n) is 3.31. The van der Waals surface area contributed by atoms with E-state index in [-0.39, 0.29) is 6.54 Å². The van der Waals surface area contributed by atoms with Crippen LogP contribution in [-0.2, 0) is 0 Å². The predicted molar refractivity (Wildman–Crippen MR) is 66.9 cm³/mol. The standard InChI is InChI=1S/C12H22BF3N/c1-10(2)8-17(12-6-4-5-7-12)9-11(3)13(14,15)16/h10,12H,3-9H2,1-2H3/q-1. The highest BCUT2D eigenvalue weighted by Crippen LogP contribution is 2.27. The van der Waals surface area contributed by atoms with E-state index in [0.29, 0.717) is 12.0 Å². The molecule has 0 saturated heterocycles. The van der Waals surface area contributed by atoms with Gasteiger partial charge in [-0.15, -0.1) is 12.1 Å². The molecule has 0 N–H and O–H groups in total. The van der Waals surface area contributed by atoms with Crippen LogP contribution in [0.2, 0.25) is 0 Å². The first kappa shape index (κ1) is 14.6. The molecule has 0 radical (unpaired) electrons. The van der Waals surface area contributed by atoms with Crippen LogP contribution in [0.4, 0.5) is 12.9 Å². The Morgan fingerprint density at radius 2 is 1.82 bits per heavy atom. The van der Waals surface area contributed by atoms with Gasteiger partial charge in [-0.1, -0.05) is 26.7 Å². The summed E-state index contributed by atoms with van der Waals surface area (Å²) >= 11 is 0. The van der Waals surface area contributed by atoms with Gasteiger partial charge in [0.25, 0.3) is 0 Å². The first-order valence-corrected chi connectivity index (χ1v) is 6.42. The minimum atomic E-state index is -4.89. The van der Waals surface area contributed by atoms with Crippen molar-refractivity contribution in [3.63, 3.8) is 0 Å². The summed E-state index contributed by atoms with van der Waals surface area (Å²) in [5, 5.41) is 0. The molecule has 0 aliphatic heterocycles. The maximum Gasteiger partial charge on any atom is 0.506 e. The molecule has 1 saturated carbocycles. The number of nitrogens with zero attached hydrogens (tertiary/aromatic N) is 1. The first-order valence-electron chi connectivity index (χ1n) is 6.42. The van der Waals surface area contributed by atoms with E-state index in [9.17, 15) is 12.9 Å². The second-order valence-corrected chi connectivity index (χ2v) is 5.49. The Hall–Kier alpha value is -0.445. The van der Waals surface area contributed by atoms with Crippen molar-refractivity contribution in [2.24, 2.45) is 5.92 Å². The van der Waals surface area contributed by atoms with Crippen molar-refractivity contribution in [3.8, 4) is 0 Å². The summed E-state index contributed by atoms with van der Waals surface area (Å²) in [6, 6.07) is 0.326. The molecule has 1 aliphatic rings. The van der Waals surface area contributed by atoms with E-state index in [2.05, 4.69) is 6.58 Å². The van der Waals surface area contributed by atoms with Gasteiger partial charge in [0.15, 0.2) is 0 Å². The van der Waals surface area contributed by atoms with Crippen molar-refractivity contribution >= 4 is 6.98 Å². The molecule has 1 rings (SSSR count). The molecular formula is C12H22BF3N-. The van der Waals surface area contributed by atoms with E-state index in [0.717, 1.165) is 32.2 Å². The average molecular weight is 248 g/mol.